The molecule has 0 saturated heterocycles. The van der Waals surface area contributed by atoms with Gasteiger partial charge in [-0.25, -0.2) is 4.68 Å². The van der Waals surface area contributed by atoms with Gasteiger partial charge in [-0.2, -0.15) is 5.10 Å². The monoisotopic (exact) mass is 377 g/mol. The average Bonchev–Trinajstić information content (AvgIpc) is 3.16. The molecule has 0 amide bonds. The SMILES string of the molecule is CO/N=C(/CN(C)CCc1nn(-c2cccnc2)cc1C=O)c1ccccc1. The van der Waals surface area contributed by atoms with Crippen molar-refractivity contribution in [1.82, 2.24) is 19.7 Å². The van der Waals surface area contributed by atoms with Gasteiger partial charge in [0.2, 0.25) is 0 Å². The van der Waals surface area contributed by atoms with Gasteiger partial charge in [-0.15, -0.1) is 0 Å². The highest BCUT2D eigenvalue weighted by Crippen LogP contribution is 2.11. The molecule has 2 heterocycles. The minimum Gasteiger partial charge on any atom is -0.399 e. The molecule has 1 aromatic carbocycles. The maximum atomic E-state index is 11.4. The number of carbonyl (C=O) groups is 1. The number of hydrogen-bond donors (Lipinski definition) is 0. The molecule has 2 aromatic heterocycles. The minimum atomic E-state index is 0.589. The molecular formula is C21H23N5O2. The first-order valence-corrected chi connectivity index (χ1v) is 8.99. The molecule has 28 heavy (non-hydrogen) atoms. The fourth-order valence-corrected chi connectivity index (χ4v) is 2.88. The van der Waals surface area contributed by atoms with E-state index in [4.69, 9.17) is 4.84 Å². The van der Waals surface area contributed by atoms with E-state index in [9.17, 15) is 4.79 Å². The highest BCUT2D eigenvalue weighted by atomic mass is 16.6. The molecule has 0 aliphatic heterocycles. The molecule has 0 atom stereocenters. The Kier molecular flexibility index (Phi) is 6.64. The van der Waals surface area contributed by atoms with Crippen LogP contribution in [0.3, 0.4) is 0 Å². The van der Waals surface area contributed by atoms with E-state index in [-0.39, 0.29) is 0 Å². The van der Waals surface area contributed by atoms with Crippen LogP contribution in [0.5, 0.6) is 0 Å². The number of aromatic nitrogens is 3. The molecule has 0 radical (unpaired) electrons. The highest BCUT2D eigenvalue weighted by Gasteiger charge is 2.13. The zero-order chi connectivity index (χ0) is 19.8. The van der Waals surface area contributed by atoms with Crippen LogP contribution in [0.15, 0.2) is 66.2 Å². The maximum absolute atomic E-state index is 11.4. The van der Waals surface area contributed by atoms with Gasteiger partial charge >= 0.3 is 0 Å². The van der Waals surface area contributed by atoms with Gasteiger partial charge in [-0.3, -0.25) is 9.78 Å². The summed E-state index contributed by atoms with van der Waals surface area (Å²) in [4.78, 5) is 22.7. The third-order valence-electron chi connectivity index (χ3n) is 4.32. The summed E-state index contributed by atoms with van der Waals surface area (Å²) < 4.78 is 1.69. The summed E-state index contributed by atoms with van der Waals surface area (Å²) in [6.45, 7) is 1.35. The van der Waals surface area contributed by atoms with Crippen molar-refractivity contribution in [2.45, 2.75) is 6.42 Å². The summed E-state index contributed by atoms with van der Waals surface area (Å²) in [6.07, 6.45) is 6.64. The van der Waals surface area contributed by atoms with Crippen LogP contribution >= 0.6 is 0 Å². The first-order valence-electron chi connectivity index (χ1n) is 8.99. The van der Waals surface area contributed by atoms with E-state index in [1.165, 1.54) is 0 Å². The third-order valence-corrected chi connectivity index (χ3v) is 4.32. The van der Waals surface area contributed by atoms with Crippen LogP contribution in [0, 0.1) is 0 Å². The normalized spacial score (nSPS) is 11.6. The number of carbonyl (C=O) groups excluding carboxylic acids is 1. The van der Waals surface area contributed by atoms with Crippen LogP contribution < -0.4 is 0 Å². The Morgan fingerprint density at radius 2 is 2.07 bits per heavy atom. The largest absolute Gasteiger partial charge is 0.399 e. The summed E-state index contributed by atoms with van der Waals surface area (Å²) in [7, 11) is 3.55. The molecule has 0 aliphatic carbocycles. The van der Waals surface area contributed by atoms with E-state index < -0.39 is 0 Å². The lowest BCUT2D eigenvalue weighted by molar-refractivity contribution is 0.112. The Labute approximate surface area is 164 Å². The van der Waals surface area contributed by atoms with E-state index >= 15 is 0 Å². The van der Waals surface area contributed by atoms with Gasteiger partial charge in [0.05, 0.1) is 23.1 Å². The molecule has 3 aromatic rings. The fraction of sp³-hybridized carbons (Fsp3) is 0.238. The fourth-order valence-electron chi connectivity index (χ4n) is 2.88. The summed E-state index contributed by atoms with van der Waals surface area (Å²) >= 11 is 0. The Bertz CT molecular complexity index is 922. The van der Waals surface area contributed by atoms with E-state index in [1.807, 2.05) is 49.5 Å². The Balaban J connectivity index is 1.67. The second kappa shape index (κ2) is 9.57. The molecule has 7 heteroatoms. The van der Waals surface area contributed by atoms with Gasteiger partial charge in [0.1, 0.15) is 12.8 Å². The lowest BCUT2D eigenvalue weighted by Gasteiger charge is -2.17. The molecule has 0 unspecified atom stereocenters. The predicted molar refractivity (Wildman–Crippen MR) is 108 cm³/mol. The average molecular weight is 377 g/mol. The maximum Gasteiger partial charge on any atom is 0.153 e. The summed E-state index contributed by atoms with van der Waals surface area (Å²) in [6, 6.07) is 13.7. The van der Waals surface area contributed by atoms with Crippen molar-refractivity contribution in [3.8, 4) is 5.69 Å². The Hall–Kier alpha value is -3.32. The third kappa shape index (κ3) is 4.89. The summed E-state index contributed by atoms with van der Waals surface area (Å²) in [5, 5.41) is 8.72. The van der Waals surface area contributed by atoms with Crippen molar-refractivity contribution < 1.29 is 9.63 Å². The van der Waals surface area contributed by atoms with Crippen molar-refractivity contribution in [2.75, 3.05) is 27.2 Å². The standard InChI is InChI=1S/C21H23N5O2/c1-25(15-21(24-28-2)17-7-4-3-5-8-17)12-10-20-18(16-27)14-26(23-20)19-9-6-11-22-13-19/h3-9,11,13-14,16H,10,12,15H2,1-2H3/b24-21-. The first kappa shape index (κ1) is 19.4. The number of nitrogens with zero attached hydrogens (tertiary/aromatic N) is 5. The number of likely N-dealkylation sites (N-methyl/N-ethyl adjacent to an activating group) is 1. The Morgan fingerprint density at radius 3 is 2.75 bits per heavy atom. The van der Waals surface area contributed by atoms with E-state index in [2.05, 4.69) is 20.1 Å². The van der Waals surface area contributed by atoms with Crippen LogP contribution in [0.25, 0.3) is 5.69 Å². The molecule has 0 spiro atoms. The van der Waals surface area contributed by atoms with E-state index in [0.717, 1.165) is 35.5 Å². The predicted octanol–water partition coefficient (Wildman–Crippen LogP) is 2.60. The van der Waals surface area contributed by atoms with Gasteiger partial charge in [0, 0.05) is 37.5 Å². The number of benzene rings is 1. The van der Waals surface area contributed by atoms with Gasteiger partial charge in [0.25, 0.3) is 0 Å². The lowest BCUT2D eigenvalue weighted by Crippen LogP contribution is -2.29. The van der Waals surface area contributed by atoms with Crippen LogP contribution in [0.4, 0.5) is 0 Å². The van der Waals surface area contributed by atoms with Crippen LogP contribution in [-0.4, -0.2) is 58.9 Å². The van der Waals surface area contributed by atoms with Crippen LogP contribution in [0.2, 0.25) is 0 Å². The number of hydrogen-bond acceptors (Lipinski definition) is 6. The number of oxime groups is 1. The van der Waals surface area contributed by atoms with Gasteiger partial charge in [-0.05, 0) is 19.2 Å². The number of aldehydes is 1. The lowest BCUT2D eigenvalue weighted by atomic mass is 10.1. The van der Waals surface area contributed by atoms with Gasteiger partial charge in [0.15, 0.2) is 6.29 Å². The molecule has 0 N–H and O–H groups in total. The summed E-state index contributed by atoms with van der Waals surface area (Å²) in [5.74, 6) is 0. The first-order chi connectivity index (χ1) is 13.7. The topological polar surface area (TPSA) is 72.6 Å². The molecule has 3 rings (SSSR count). The number of rotatable bonds is 9. The van der Waals surface area contributed by atoms with Crippen molar-refractivity contribution in [2.24, 2.45) is 5.16 Å². The zero-order valence-corrected chi connectivity index (χ0v) is 16.0. The van der Waals surface area contributed by atoms with Crippen LogP contribution in [-0.2, 0) is 11.3 Å². The van der Waals surface area contributed by atoms with Crippen molar-refractivity contribution >= 4 is 12.0 Å². The molecule has 0 fully saturated rings. The van der Waals surface area contributed by atoms with Crippen LogP contribution in [0.1, 0.15) is 21.6 Å². The zero-order valence-electron chi connectivity index (χ0n) is 16.0. The molecule has 0 saturated carbocycles. The van der Waals surface area contributed by atoms with Crippen molar-refractivity contribution in [3.05, 3.63) is 77.9 Å². The van der Waals surface area contributed by atoms with Gasteiger partial charge in [-0.1, -0.05) is 35.5 Å². The molecular weight excluding hydrogens is 354 g/mol. The van der Waals surface area contributed by atoms with Crippen molar-refractivity contribution in [3.63, 3.8) is 0 Å². The van der Waals surface area contributed by atoms with E-state index in [1.54, 1.807) is 30.4 Å². The molecule has 7 nitrogen and oxygen atoms in total. The second-order valence-electron chi connectivity index (χ2n) is 6.38. The van der Waals surface area contributed by atoms with Crippen molar-refractivity contribution in [1.29, 1.82) is 0 Å². The highest BCUT2D eigenvalue weighted by molar-refractivity contribution is 6.01. The minimum absolute atomic E-state index is 0.589. The van der Waals surface area contributed by atoms with E-state index in [0.29, 0.717) is 18.5 Å². The second-order valence-corrected chi connectivity index (χ2v) is 6.38. The molecule has 0 aliphatic rings. The smallest absolute Gasteiger partial charge is 0.153 e. The quantitative estimate of drug-likeness (QED) is 0.326. The molecule has 0 bridgehead atoms. The Morgan fingerprint density at radius 1 is 1.25 bits per heavy atom. The van der Waals surface area contributed by atoms with Gasteiger partial charge < -0.3 is 9.74 Å². The molecule has 144 valence electrons. The number of pyridine rings is 1. The summed E-state index contributed by atoms with van der Waals surface area (Å²) in [5.41, 5.74) is 4.04.